The Morgan fingerprint density at radius 1 is 1.22 bits per heavy atom. The van der Waals surface area contributed by atoms with Crippen LogP contribution in [0.2, 0.25) is 5.02 Å². The first kappa shape index (κ1) is 25.3. The van der Waals surface area contributed by atoms with E-state index in [1.165, 1.54) is 26.0 Å². The summed E-state index contributed by atoms with van der Waals surface area (Å²) in [6, 6.07) is 5.43. The summed E-state index contributed by atoms with van der Waals surface area (Å²) in [7, 11) is 0. The lowest BCUT2D eigenvalue weighted by molar-refractivity contribution is -0.201. The van der Waals surface area contributed by atoms with E-state index >= 15 is 0 Å². The van der Waals surface area contributed by atoms with Crippen molar-refractivity contribution in [1.82, 2.24) is 0 Å². The highest BCUT2D eigenvalue weighted by Gasteiger charge is 2.50. The molecule has 32 heavy (non-hydrogen) atoms. The van der Waals surface area contributed by atoms with Crippen LogP contribution in [0.15, 0.2) is 28.2 Å². The van der Waals surface area contributed by atoms with E-state index in [9.17, 15) is 14.4 Å². The van der Waals surface area contributed by atoms with Gasteiger partial charge in [0.15, 0.2) is 0 Å². The average molecular weight is 483 g/mol. The lowest BCUT2D eigenvalue weighted by Crippen LogP contribution is -2.59. The van der Waals surface area contributed by atoms with Crippen LogP contribution in [-0.4, -0.2) is 54.3 Å². The van der Waals surface area contributed by atoms with Gasteiger partial charge in [-0.25, -0.2) is 0 Å². The Morgan fingerprint density at radius 3 is 2.41 bits per heavy atom. The standard InChI is InChI=1S/C19H19ClN4O7S/c1-9(25)28-8-15-17(29-10(2)26)16(23-24-22)18(30-11(3)27)19(31-15)32-13-5-4-12(7-21)14(20)6-13/h4-6,15-19H,8H2,1-3H3/t15?,16?,17-,18?,19+/m0/s1. The molecule has 0 aliphatic carbocycles. The minimum absolute atomic E-state index is 0.207. The highest BCUT2D eigenvalue weighted by Crippen LogP contribution is 2.38. The molecular weight excluding hydrogens is 464 g/mol. The second-order valence-corrected chi connectivity index (χ2v) is 8.14. The van der Waals surface area contributed by atoms with Crippen LogP contribution < -0.4 is 0 Å². The molecule has 13 heteroatoms. The molecular formula is C19H19ClN4O7S. The van der Waals surface area contributed by atoms with Gasteiger partial charge in [-0.05, 0) is 23.7 Å². The molecule has 0 saturated carbocycles. The maximum Gasteiger partial charge on any atom is 0.303 e. The Kier molecular flexibility index (Phi) is 9.16. The van der Waals surface area contributed by atoms with Gasteiger partial charge >= 0.3 is 17.9 Å². The number of benzene rings is 1. The van der Waals surface area contributed by atoms with Crippen LogP contribution in [0.25, 0.3) is 10.4 Å². The van der Waals surface area contributed by atoms with E-state index in [0.29, 0.717) is 4.90 Å². The minimum atomic E-state index is -1.19. The van der Waals surface area contributed by atoms with E-state index in [1.807, 2.05) is 6.07 Å². The molecule has 1 aromatic rings. The Labute approximate surface area is 192 Å². The zero-order valence-corrected chi connectivity index (χ0v) is 18.8. The van der Waals surface area contributed by atoms with Crippen LogP contribution in [-0.2, 0) is 33.3 Å². The van der Waals surface area contributed by atoms with Gasteiger partial charge in [0.25, 0.3) is 0 Å². The Balaban J connectivity index is 2.46. The molecule has 0 amide bonds. The predicted octanol–water partition coefficient (Wildman–Crippen LogP) is 3.13. The third-order valence-corrected chi connectivity index (χ3v) is 5.62. The zero-order valence-electron chi connectivity index (χ0n) is 17.3. The van der Waals surface area contributed by atoms with Crippen molar-refractivity contribution in [2.24, 2.45) is 5.11 Å². The minimum Gasteiger partial charge on any atom is -0.463 e. The van der Waals surface area contributed by atoms with Gasteiger partial charge in [-0.15, -0.1) is 0 Å². The van der Waals surface area contributed by atoms with Crippen molar-refractivity contribution < 1.29 is 33.3 Å². The number of ether oxygens (including phenoxy) is 4. The number of nitriles is 1. The molecule has 0 aromatic heterocycles. The fourth-order valence-electron chi connectivity index (χ4n) is 2.96. The van der Waals surface area contributed by atoms with Gasteiger partial charge in [0.1, 0.15) is 42.5 Å². The smallest absolute Gasteiger partial charge is 0.303 e. The number of carbonyl (C=O) groups is 3. The van der Waals surface area contributed by atoms with Crippen molar-refractivity contribution in [3.05, 3.63) is 39.2 Å². The van der Waals surface area contributed by atoms with Gasteiger partial charge in [-0.2, -0.15) is 5.26 Å². The summed E-state index contributed by atoms with van der Waals surface area (Å²) in [4.78, 5) is 38.1. The molecule has 5 atom stereocenters. The van der Waals surface area contributed by atoms with Crippen molar-refractivity contribution in [1.29, 1.82) is 5.26 Å². The number of nitrogens with zero attached hydrogens (tertiary/aromatic N) is 4. The normalized spacial score (nSPS) is 24.4. The molecule has 0 N–H and O–H groups in total. The van der Waals surface area contributed by atoms with Crippen molar-refractivity contribution in [3.8, 4) is 6.07 Å². The highest BCUT2D eigenvalue weighted by atomic mass is 35.5. The Hall–Kier alpha value is -2.97. The quantitative estimate of drug-likeness (QED) is 0.187. The molecule has 0 radical (unpaired) electrons. The van der Waals surface area contributed by atoms with Gasteiger partial charge < -0.3 is 18.9 Å². The van der Waals surface area contributed by atoms with Crippen LogP contribution in [0.1, 0.15) is 26.3 Å². The maximum atomic E-state index is 11.8. The number of azide groups is 1. The first-order chi connectivity index (χ1) is 15.2. The van der Waals surface area contributed by atoms with E-state index in [1.54, 1.807) is 6.07 Å². The number of hydrogen-bond donors (Lipinski definition) is 0. The molecule has 11 nitrogen and oxygen atoms in total. The molecule has 170 valence electrons. The average Bonchev–Trinajstić information content (AvgIpc) is 2.70. The molecule has 0 bridgehead atoms. The Bertz CT molecular complexity index is 979. The first-order valence-corrected chi connectivity index (χ1v) is 10.5. The van der Waals surface area contributed by atoms with Crippen LogP contribution in [0.5, 0.6) is 0 Å². The summed E-state index contributed by atoms with van der Waals surface area (Å²) in [5, 5.41) is 12.9. The largest absolute Gasteiger partial charge is 0.463 e. The number of carbonyl (C=O) groups excluding carboxylic acids is 3. The fraction of sp³-hybridized carbons (Fsp3) is 0.474. The van der Waals surface area contributed by atoms with Gasteiger partial charge in [0, 0.05) is 30.6 Å². The topological polar surface area (TPSA) is 161 Å². The van der Waals surface area contributed by atoms with Crippen molar-refractivity contribution in [3.63, 3.8) is 0 Å². The third-order valence-electron chi connectivity index (χ3n) is 4.17. The van der Waals surface area contributed by atoms with Crippen LogP contribution >= 0.6 is 23.4 Å². The van der Waals surface area contributed by atoms with Crippen LogP contribution in [0.4, 0.5) is 0 Å². The fourth-order valence-corrected chi connectivity index (χ4v) is 4.40. The number of rotatable bonds is 7. The highest BCUT2D eigenvalue weighted by molar-refractivity contribution is 7.99. The van der Waals surface area contributed by atoms with Crippen LogP contribution in [0, 0.1) is 11.3 Å². The third kappa shape index (κ3) is 6.77. The molecule has 1 aliphatic heterocycles. The summed E-state index contributed by atoms with van der Waals surface area (Å²) in [5.41, 5.74) is 8.41. The molecule has 1 aromatic carbocycles. The number of halogens is 1. The first-order valence-electron chi connectivity index (χ1n) is 9.20. The summed E-state index contributed by atoms with van der Waals surface area (Å²) in [6.07, 6.45) is -3.36. The summed E-state index contributed by atoms with van der Waals surface area (Å²) in [6.45, 7) is 3.21. The number of hydrogen-bond acceptors (Lipinski definition) is 10. The van der Waals surface area contributed by atoms with Gasteiger partial charge in [0.2, 0.25) is 0 Å². The molecule has 1 heterocycles. The van der Waals surface area contributed by atoms with E-state index < -0.39 is 47.7 Å². The van der Waals surface area contributed by atoms with Crippen LogP contribution in [0.3, 0.4) is 0 Å². The maximum absolute atomic E-state index is 11.8. The molecule has 1 saturated heterocycles. The second-order valence-electron chi connectivity index (χ2n) is 6.56. The summed E-state index contributed by atoms with van der Waals surface area (Å²) < 4.78 is 21.7. The van der Waals surface area contributed by atoms with E-state index in [0.717, 1.165) is 18.7 Å². The predicted molar refractivity (Wildman–Crippen MR) is 111 cm³/mol. The monoisotopic (exact) mass is 482 g/mol. The van der Waals surface area contributed by atoms with Gasteiger partial charge in [-0.3, -0.25) is 14.4 Å². The van der Waals surface area contributed by atoms with Crippen molar-refractivity contribution in [2.75, 3.05) is 6.61 Å². The molecule has 1 aliphatic rings. The van der Waals surface area contributed by atoms with E-state index in [4.69, 9.17) is 41.3 Å². The Morgan fingerprint density at radius 2 is 1.88 bits per heavy atom. The molecule has 2 rings (SSSR count). The molecule has 3 unspecified atom stereocenters. The van der Waals surface area contributed by atoms with Crippen molar-refractivity contribution >= 4 is 41.3 Å². The van der Waals surface area contributed by atoms with Gasteiger partial charge in [-0.1, -0.05) is 28.5 Å². The van der Waals surface area contributed by atoms with E-state index in [-0.39, 0.29) is 17.2 Å². The summed E-state index contributed by atoms with van der Waals surface area (Å²) in [5.74, 6) is -1.97. The SMILES string of the molecule is CC(=O)OCC1O[C@H](Sc2ccc(C#N)c(Cl)c2)C(OC(C)=O)C(N=[N+]=[N-])[C@H]1OC(C)=O. The summed E-state index contributed by atoms with van der Waals surface area (Å²) >= 11 is 7.18. The molecule has 1 fully saturated rings. The lowest BCUT2D eigenvalue weighted by Gasteiger charge is -2.43. The number of esters is 3. The zero-order chi connectivity index (χ0) is 23.8. The van der Waals surface area contributed by atoms with Crippen molar-refractivity contribution in [2.45, 2.75) is 55.5 Å². The van der Waals surface area contributed by atoms with E-state index in [2.05, 4.69) is 10.0 Å². The number of thioether (sulfide) groups is 1. The second kappa shape index (κ2) is 11.6. The van der Waals surface area contributed by atoms with Gasteiger partial charge in [0.05, 0.1) is 10.6 Å². The lowest BCUT2D eigenvalue weighted by atomic mass is 9.97. The molecule has 0 spiro atoms.